The van der Waals surface area contributed by atoms with E-state index < -0.39 is 10.0 Å². The van der Waals surface area contributed by atoms with E-state index in [0.717, 1.165) is 25.7 Å². The molecule has 0 aliphatic heterocycles. The summed E-state index contributed by atoms with van der Waals surface area (Å²) in [4.78, 5) is 12.4. The Bertz CT molecular complexity index is 884. The third-order valence-electron chi connectivity index (χ3n) is 3.93. The van der Waals surface area contributed by atoms with Crippen LogP contribution in [0.2, 0.25) is 10.0 Å². The molecule has 0 unspecified atom stereocenters. The molecule has 2 rings (SSSR count). The lowest BCUT2D eigenvalue weighted by molar-refractivity contribution is 0.102. The molecule has 0 bridgehead atoms. The van der Waals surface area contributed by atoms with Crippen LogP contribution in [-0.2, 0) is 10.0 Å². The Kier molecular flexibility index (Phi) is 8.10. The van der Waals surface area contributed by atoms with Crippen LogP contribution in [0.3, 0.4) is 0 Å². The SMILES string of the molecule is CCCCCCNS(=O)(=O)c1ccc(NC(=O)c2ccc(Cl)c(Cl)c2)cc1. The van der Waals surface area contributed by atoms with E-state index in [1.807, 2.05) is 0 Å². The maximum atomic E-state index is 12.3. The van der Waals surface area contributed by atoms with Gasteiger partial charge in [-0.1, -0.05) is 49.4 Å². The summed E-state index contributed by atoms with van der Waals surface area (Å²) in [5, 5.41) is 3.35. The van der Waals surface area contributed by atoms with E-state index in [9.17, 15) is 13.2 Å². The number of sulfonamides is 1. The van der Waals surface area contributed by atoms with E-state index in [2.05, 4.69) is 17.0 Å². The molecular weight excluding hydrogens is 407 g/mol. The van der Waals surface area contributed by atoms with Crippen molar-refractivity contribution in [3.8, 4) is 0 Å². The minimum atomic E-state index is -3.55. The molecule has 2 aromatic rings. The first-order chi connectivity index (χ1) is 12.8. The van der Waals surface area contributed by atoms with Gasteiger partial charge < -0.3 is 5.32 Å². The van der Waals surface area contributed by atoms with Crippen LogP contribution in [0.1, 0.15) is 43.0 Å². The molecule has 0 aromatic heterocycles. The van der Waals surface area contributed by atoms with E-state index in [-0.39, 0.29) is 15.8 Å². The highest BCUT2D eigenvalue weighted by Crippen LogP contribution is 2.23. The summed E-state index contributed by atoms with van der Waals surface area (Å²) in [6.45, 7) is 2.52. The van der Waals surface area contributed by atoms with Gasteiger partial charge in [-0.15, -0.1) is 0 Å². The molecule has 0 spiro atoms. The van der Waals surface area contributed by atoms with E-state index in [0.29, 0.717) is 22.8 Å². The maximum Gasteiger partial charge on any atom is 0.255 e. The first-order valence-corrected chi connectivity index (χ1v) is 10.9. The third kappa shape index (κ3) is 6.50. The lowest BCUT2D eigenvalue weighted by atomic mass is 10.2. The van der Waals surface area contributed by atoms with Crippen LogP contribution >= 0.6 is 23.2 Å². The summed E-state index contributed by atoms with van der Waals surface area (Å²) >= 11 is 11.8. The zero-order valence-electron chi connectivity index (χ0n) is 15.0. The number of anilines is 1. The van der Waals surface area contributed by atoms with E-state index in [1.54, 1.807) is 24.3 Å². The Labute approximate surface area is 170 Å². The monoisotopic (exact) mass is 428 g/mol. The highest BCUT2D eigenvalue weighted by molar-refractivity contribution is 7.89. The number of nitrogens with one attached hydrogen (secondary N) is 2. The van der Waals surface area contributed by atoms with Gasteiger partial charge in [-0.2, -0.15) is 0 Å². The van der Waals surface area contributed by atoms with Gasteiger partial charge in [0.1, 0.15) is 0 Å². The van der Waals surface area contributed by atoms with Gasteiger partial charge in [0.05, 0.1) is 14.9 Å². The molecule has 8 heteroatoms. The molecule has 0 atom stereocenters. The van der Waals surface area contributed by atoms with Gasteiger partial charge in [-0.05, 0) is 48.9 Å². The molecule has 5 nitrogen and oxygen atoms in total. The maximum absolute atomic E-state index is 12.3. The van der Waals surface area contributed by atoms with Gasteiger partial charge in [0.15, 0.2) is 0 Å². The van der Waals surface area contributed by atoms with Crippen LogP contribution in [0.5, 0.6) is 0 Å². The van der Waals surface area contributed by atoms with Crippen molar-refractivity contribution >= 4 is 44.8 Å². The highest BCUT2D eigenvalue weighted by Gasteiger charge is 2.14. The van der Waals surface area contributed by atoms with Crippen LogP contribution in [0.4, 0.5) is 5.69 Å². The topological polar surface area (TPSA) is 75.3 Å². The average Bonchev–Trinajstić information content (AvgIpc) is 2.64. The predicted molar refractivity (Wildman–Crippen MR) is 110 cm³/mol. The number of halogens is 2. The first kappa shape index (κ1) is 21.7. The van der Waals surface area contributed by atoms with Crippen molar-refractivity contribution in [2.45, 2.75) is 37.5 Å². The third-order valence-corrected chi connectivity index (χ3v) is 6.14. The molecule has 0 fully saturated rings. The number of carbonyl (C=O) groups is 1. The number of rotatable bonds is 9. The van der Waals surface area contributed by atoms with Crippen molar-refractivity contribution in [1.82, 2.24) is 4.72 Å². The molecule has 2 aromatic carbocycles. The number of carbonyl (C=O) groups excluding carboxylic acids is 1. The lowest BCUT2D eigenvalue weighted by Crippen LogP contribution is -2.24. The molecule has 0 aliphatic carbocycles. The van der Waals surface area contributed by atoms with Crippen LogP contribution in [0.15, 0.2) is 47.4 Å². The summed E-state index contributed by atoms with van der Waals surface area (Å²) in [6.07, 6.45) is 4.00. The van der Waals surface area contributed by atoms with Crippen LogP contribution in [0, 0.1) is 0 Å². The smallest absolute Gasteiger partial charge is 0.255 e. The fraction of sp³-hybridized carbons (Fsp3) is 0.316. The highest BCUT2D eigenvalue weighted by atomic mass is 35.5. The minimum absolute atomic E-state index is 0.158. The zero-order valence-corrected chi connectivity index (χ0v) is 17.3. The van der Waals surface area contributed by atoms with Crippen LogP contribution < -0.4 is 10.0 Å². The van der Waals surface area contributed by atoms with Crippen molar-refractivity contribution in [2.24, 2.45) is 0 Å². The summed E-state index contributed by atoms with van der Waals surface area (Å²) in [5.74, 6) is -0.363. The number of unbranched alkanes of at least 4 members (excludes halogenated alkanes) is 3. The van der Waals surface area contributed by atoms with Crippen LogP contribution in [-0.4, -0.2) is 20.9 Å². The van der Waals surface area contributed by atoms with Crippen molar-refractivity contribution in [3.05, 3.63) is 58.1 Å². The number of hydrogen-bond acceptors (Lipinski definition) is 3. The normalized spacial score (nSPS) is 11.4. The fourth-order valence-corrected chi connectivity index (χ4v) is 3.77. The summed E-state index contributed by atoms with van der Waals surface area (Å²) < 4.78 is 27.1. The molecule has 146 valence electrons. The Balaban J connectivity index is 1.97. The van der Waals surface area contributed by atoms with Gasteiger partial charge in [-0.25, -0.2) is 13.1 Å². The van der Waals surface area contributed by atoms with Gasteiger partial charge in [-0.3, -0.25) is 4.79 Å². The van der Waals surface area contributed by atoms with Crippen molar-refractivity contribution in [3.63, 3.8) is 0 Å². The second kappa shape index (κ2) is 10.1. The molecule has 0 saturated carbocycles. The summed E-state index contributed by atoms with van der Waals surface area (Å²) in [5.41, 5.74) is 0.836. The molecule has 2 N–H and O–H groups in total. The quantitative estimate of drug-likeness (QED) is 0.545. The number of benzene rings is 2. The summed E-state index contributed by atoms with van der Waals surface area (Å²) in [7, 11) is -3.55. The molecular formula is C19H22Cl2N2O3S. The van der Waals surface area contributed by atoms with Crippen molar-refractivity contribution in [2.75, 3.05) is 11.9 Å². The van der Waals surface area contributed by atoms with E-state index in [1.165, 1.54) is 18.2 Å². The number of hydrogen-bond donors (Lipinski definition) is 2. The molecule has 0 aliphatic rings. The van der Waals surface area contributed by atoms with Gasteiger partial charge in [0, 0.05) is 17.8 Å². The molecule has 1 amide bonds. The fourth-order valence-electron chi connectivity index (χ4n) is 2.40. The molecule has 0 radical (unpaired) electrons. The largest absolute Gasteiger partial charge is 0.322 e. The summed E-state index contributed by atoms with van der Waals surface area (Å²) in [6, 6.07) is 10.6. The Morgan fingerprint density at radius 1 is 0.963 bits per heavy atom. The van der Waals surface area contributed by atoms with Crippen molar-refractivity contribution in [1.29, 1.82) is 0 Å². The van der Waals surface area contributed by atoms with Gasteiger partial charge in [0.25, 0.3) is 5.91 Å². The lowest BCUT2D eigenvalue weighted by Gasteiger charge is -2.09. The predicted octanol–water partition coefficient (Wildman–Crippen LogP) is 5.10. The Morgan fingerprint density at radius 3 is 2.30 bits per heavy atom. The van der Waals surface area contributed by atoms with E-state index >= 15 is 0 Å². The average molecular weight is 429 g/mol. The molecule has 0 saturated heterocycles. The Hall–Kier alpha value is -1.60. The van der Waals surface area contributed by atoms with Gasteiger partial charge >= 0.3 is 0 Å². The molecule has 0 heterocycles. The second-order valence-corrected chi connectivity index (χ2v) is 8.65. The first-order valence-electron chi connectivity index (χ1n) is 8.69. The Morgan fingerprint density at radius 2 is 1.67 bits per heavy atom. The number of amides is 1. The van der Waals surface area contributed by atoms with E-state index in [4.69, 9.17) is 23.2 Å². The standard InChI is InChI=1S/C19H22Cl2N2O3S/c1-2-3-4-5-12-22-27(25,26)16-9-7-15(8-10-16)23-19(24)14-6-11-17(20)18(21)13-14/h6-11,13,22H,2-5,12H2,1H3,(H,23,24). The van der Waals surface area contributed by atoms with Crippen molar-refractivity contribution < 1.29 is 13.2 Å². The van der Waals surface area contributed by atoms with Crippen LogP contribution in [0.25, 0.3) is 0 Å². The van der Waals surface area contributed by atoms with Gasteiger partial charge in [0.2, 0.25) is 10.0 Å². The zero-order chi connectivity index (χ0) is 19.9. The molecule has 27 heavy (non-hydrogen) atoms. The minimum Gasteiger partial charge on any atom is -0.322 e. The second-order valence-electron chi connectivity index (χ2n) is 6.07.